The predicted molar refractivity (Wildman–Crippen MR) is 246 cm³/mol. The number of fused-ring (bicyclic) bond motifs is 3. The Balaban J connectivity index is 0.995. The van der Waals surface area contributed by atoms with E-state index in [1.807, 2.05) is 0 Å². The summed E-state index contributed by atoms with van der Waals surface area (Å²) in [5.41, 5.74) is 20.7. The lowest BCUT2D eigenvalue weighted by Crippen LogP contribution is -2.17. The molecule has 1 nitrogen and oxygen atoms in total. The van der Waals surface area contributed by atoms with Gasteiger partial charge in [-0.1, -0.05) is 202 Å². The Kier molecular flexibility index (Phi) is 8.92. The van der Waals surface area contributed by atoms with Crippen molar-refractivity contribution in [2.75, 3.05) is 4.90 Å². The van der Waals surface area contributed by atoms with Crippen molar-refractivity contribution in [1.82, 2.24) is 0 Å². The van der Waals surface area contributed by atoms with E-state index in [0.717, 1.165) is 17.1 Å². The summed E-state index contributed by atoms with van der Waals surface area (Å²) in [4.78, 5) is 2.43. The van der Waals surface area contributed by atoms with Gasteiger partial charge in [0.1, 0.15) is 0 Å². The summed E-state index contributed by atoms with van der Waals surface area (Å²) in [5.74, 6) is 0. The van der Waals surface area contributed by atoms with Gasteiger partial charge in [-0.15, -0.1) is 0 Å². The number of hydrogen-bond donors (Lipinski definition) is 0. The van der Waals surface area contributed by atoms with Crippen LogP contribution in [0, 0.1) is 0 Å². The van der Waals surface area contributed by atoms with Crippen molar-refractivity contribution in [1.29, 1.82) is 0 Å². The molecule has 0 atom stereocenters. The highest BCUT2D eigenvalue weighted by Gasteiger charge is 2.36. The molecule has 0 unspecified atom stereocenters. The molecule has 0 saturated carbocycles. The first-order chi connectivity index (χ1) is 28.5. The summed E-state index contributed by atoms with van der Waals surface area (Å²) in [6.07, 6.45) is 0. The summed E-state index contributed by atoms with van der Waals surface area (Å²) >= 11 is 0. The lowest BCUT2D eigenvalue weighted by Gasteiger charge is -2.30. The van der Waals surface area contributed by atoms with Gasteiger partial charge in [-0.25, -0.2) is 0 Å². The number of rotatable bonds is 8. The van der Waals surface area contributed by atoms with E-state index < -0.39 is 0 Å². The van der Waals surface area contributed by atoms with Crippen molar-refractivity contribution in [3.05, 3.63) is 236 Å². The zero-order chi connectivity index (χ0) is 39.1. The smallest absolute Gasteiger partial charge is 0.0540 e. The molecule has 1 aliphatic carbocycles. The summed E-state index contributed by atoms with van der Waals surface area (Å²) in [6.45, 7) is 4.76. The van der Waals surface area contributed by atoms with E-state index >= 15 is 0 Å². The molecule has 1 heteroatoms. The van der Waals surface area contributed by atoms with Crippen molar-refractivity contribution >= 4 is 17.1 Å². The lowest BCUT2D eigenvalue weighted by molar-refractivity contribution is 0.660. The third kappa shape index (κ3) is 6.41. The Bertz CT molecular complexity index is 2850. The first-order valence-corrected chi connectivity index (χ1v) is 20.2. The molecule has 9 aromatic carbocycles. The fourth-order valence-electron chi connectivity index (χ4n) is 8.78. The van der Waals surface area contributed by atoms with Gasteiger partial charge in [0, 0.05) is 22.4 Å². The Morgan fingerprint density at radius 2 is 0.638 bits per heavy atom. The van der Waals surface area contributed by atoms with Crippen LogP contribution in [0.25, 0.3) is 66.8 Å². The molecular weight excluding hydrogens is 699 g/mol. The van der Waals surface area contributed by atoms with Gasteiger partial charge in [-0.05, 0) is 109 Å². The normalized spacial score (nSPS) is 12.4. The lowest BCUT2D eigenvalue weighted by atomic mass is 9.81. The zero-order valence-corrected chi connectivity index (χ0v) is 32.8. The Morgan fingerprint density at radius 3 is 1.17 bits per heavy atom. The molecule has 9 aromatic rings. The first kappa shape index (κ1) is 35.2. The summed E-state index contributed by atoms with van der Waals surface area (Å²) in [6, 6.07) is 81.7. The predicted octanol–water partition coefficient (Wildman–Crippen LogP) is 15.8. The van der Waals surface area contributed by atoms with Gasteiger partial charge in [0.05, 0.1) is 5.69 Å². The molecule has 0 aromatic heterocycles. The molecule has 0 spiro atoms. The van der Waals surface area contributed by atoms with Crippen LogP contribution in [-0.4, -0.2) is 0 Å². The number of hydrogen-bond acceptors (Lipinski definition) is 1. The van der Waals surface area contributed by atoms with E-state index in [-0.39, 0.29) is 5.41 Å². The molecular formula is C57H43N. The molecule has 0 fully saturated rings. The SMILES string of the molecule is CC1(C)c2cc(-c3ccc(-c4ccc(-c5ccccc5)cc4)cc3)ccc2-c2ccc(N(c3ccc(-c4ccccc4)cc3)c3ccccc3-c3ccccc3)cc21. The third-order valence-electron chi connectivity index (χ3n) is 11.9. The minimum Gasteiger partial charge on any atom is -0.310 e. The van der Waals surface area contributed by atoms with Crippen LogP contribution >= 0.6 is 0 Å². The second kappa shape index (κ2) is 14.7. The van der Waals surface area contributed by atoms with Crippen LogP contribution in [0.15, 0.2) is 224 Å². The highest BCUT2D eigenvalue weighted by atomic mass is 15.1. The Labute approximate surface area is 342 Å². The van der Waals surface area contributed by atoms with Gasteiger partial charge in [-0.2, -0.15) is 0 Å². The van der Waals surface area contributed by atoms with E-state index in [2.05, 4.69) is 243 Å². The number of para-hydroxylation sites is 1. The largest absolute Gasteiger partial charge is 0.310 e. The molecule has 0 aliphatic heterocycles. The van der Waals surface area contributed by atoms with E-state index in [4.69, 9.17) is 0 Å². The monoisotopic (exact) mass is 741 g/mol. The summed E-state index contributed by atoms with van der Waals surface area (Å²) in [7, 11) is 0. The molecule has 0 heterocycles. The fourth-order valence-corrected chi connectivity index (χ4v) is 8.78. The quantitative estimate of drug-likeness (QED) is 0.150. The molecule has 58 heavy (non-hydrogen) atoms. The number of benzene rings is 9. The molecule has 0 radical (unpaired) electrons. The first-order valence-electron chi connectivity index (χ1n) is 20.2. The molecule has 10 rings (SSSR count). The maximum absolute atomic E-state index is 2.43. The van der Waals surface area contributed by atoms with Crippen LogP contribution < -0.4 is 4.90 Å². The van der Waals surface area contributed by atoms with Crippen molar-refractivity contribution in [2.45, 2.75) is 19.3 Å². The van der Waals surface area contributed by atoms with Crippen LogP contribution in [0.5, 0.6) is 0 Å². The maximum atomic E-state index is 2.43. The molecule has 0 saturated heterocycles. The second-order valence-electron chi connectivity index (χ2n) is 15.8. The highest BCUT2D eigenvalue weighted by molar-refractivity contribution is 5.91. The van der Waals surface area contributed by atoms with Crippen LogP contribution in [0.4, 0.5) is 17.1 Å². The van der Waals surface area contributed by atoms with Gasteiger partial charge in [-0.3, -0.25) is 0 Å². The van der Waals surface area contributed by atoms with Crippen molar-refractivity contribution in [2.24, 2.45) is 0 Å². The minimum absolute atomic E-state index is 0.196. The van der Waals surface area contributed by atoms with Crippen molar-refractivity contribution < 1.29 is 0 Å². The fraction of sp³-hybridized carbons (Fsp3) is 0.0526. The van der Waals surface area contributed by atoms with Crippen LogP contribution in [0.3, 0.4) is 0 Å². The second-order valence-corrected chi connectivity index (χ2v) is 15.8. The topological polar surface area (TPSA) is 3.24 Å². The molecule has 1 aliphatic rings. The zero-order valence-electron chi connectivity index (χ0n) is 32.8. The van der Waals surface area contributed by atoms with E-state index in [9.17, 15) is 0 Å². The summed E-state index contributed by atoms with van der Waals surface area (Å²) in [5, 5.41) is 0. The molecule has 0 N–H and O–H groups in total. The third-order valence-corrected chi connectivity index (χ3v) is 11.9. The van der Waals surface area contributed by atoms with Crippen molar-refractivity contribution in [3.63, 3.8) is 0 Å². The maximum Gasteiger partial charge on any atom is 0.0540 e. The number of nitrogens with zero attached hydrogens (tertiary/aromatic N) is 1. The van der Waals surface area contributed by atoms with Gasteiger partial charge >= 0.3 is 0 Å². The van der Waals surface area contributed by atoms with E-state index in [0.29, 0.717) is 0 Å². The molecule has 0 amide bonds. The van der Waals surface area contributed by atoms with Crippen LogP contribution in [0.2, 0.25) is 0 Å². The minimum atomic E-state index is -0.196. The molecule has 276 valence electrons. The summed E-state index contributed by atoms with van der Waals surface area (Å²) < 4.78 is 0. The molecule has 0 bridgehead atoms. The van der Waals surface area contributed by atoms with Crippen molar-refractivity contribution in [3.8, 4) is 66.8 Å². The number of anilines is 3. The van der Waals surface area contributed by atoms with Gasteiger partial charge in [0.15, 0.2) is 0 Å². The van der Waals surface area contributed by atoms with E-state index in [1.54, 1.807) is 0 Å². The van der Waals surface area contributed by atoms with Gasteiger partial charge < -0.3 is 4.90 Å². The van der Waals surface area contributed by atoms with Gasteiger partial charge in [0.2, 0.25) is 0 Å². The Morgan fingerprint density at radius 1 is 0.276 bits per heavy atom. The van der Waals surface area contributed by atoms with Crippen LogP contribution in [0.1, 0.15) is 25.0 Å². The van der Waals surface area contributed by atoms with Gasteiger partial charge in [0.25, 0.3) is 0 Å². The Hall–Kier alpha value is -7.22. The highest BCUT2D eigenvalue weighted by Crippen LogP contribution is 2.52. The average Bonchev–Trinajstić information content (AvgIpc) is 3.52. The standard InChI is InChI=1S/C57H43N/c1-57(2)54-38-48(46-28-26-44(27-29-46)43-24-22-42(23-25-43)40-14-6-3-7-15-40)32-36-52(54)53-37-35-50(39-55(53)57)58(49-33-30-45(31-34-49)41-16-8-4-9-17-41)56-21-13-12-20-51(56)47-18-10-5-11-19-47/h3-39H,1-2H3. The van der Waals surface area contributed by atoms with Crippen LogP contribution in [-0.2, 0) is 5.41 Å². The van der Waals surface area contributed by atoms with E-state index in [1.165, 1.54) is 77.9 Å². The average molecular weight is 742 g/mol.